The molecule has 120 valence electrons. The van der Waals surface area contributed by atoms with E-state index in [2.05, 4.69) is 20.4 Å². The third-order valence-electron chi connectivity index (χ3n) is 3.78. The predicted molar refractivity (Wildman–Crippen MR) is 86.0 cm³/mol. The molecule has 0 spiro atoms. The molecule has 0 aromatic heterocycles. The van der Waals surface area contributed by atoms with Crippen molar-refractivity contribution in [2.24, 2.45) is 11.5 Å². The Kier molecular flexibility index (Phi) is 11.1. The molecule has 0 radical (unpaired) electrons. The molecule has 0 saturated carbocycles. The number of hydrogen-bond acceptors (Lipinski definition) is 6. The molecular weight excluding hydrogens is 252 g/mol. The van der Waals surface area contributed by atoms with Gasteiger partial charge in [-0.2, -0.15) is 0 Å². The fourth-order valence-electron chi connectivity index (χ4n) is 2.47. The van der Waals surface area contributed by atoms with E-state index in [-0.39, 0.29) is 0 Å². The van der Waals surface area contributed by atoms with Gasteiger partial charge in [-0.25, -0.2) is 0 Å². The molecule has 2 aliphatic rings. The van der Waals surface area contributed by atoms with Crippen molar-refractivity contribution >= 4 is 0 Å². The van der Waals surface area contributed by atoms with Crippen LogP contribution in [0.2, 0.25) is 0 Å². The lowest BCUT2D eigenvalue weighted by atomic mass is 10.2. The summed E-state index contributed by atoms with van der Waals surface area (Å²) in [7, 11) is 0. The zero-order chi connectivity index (χ0) is 14.5. The zero-order valence-corrected chi connectivity index (χ0v) is 12.9. The Bertz CT molecular complexity index is 174. The van der Waals surface area contributed by atoms with Crippen LogP contribution in [0.4, 0.5) is 0 Å². The standard InChI is InChI=1S/C10H24N4.C4H10N2/c11-3-1-5-13-7-9-14(10-8-13)6-2-4-12;1-2-6-4-3-5-1/h1-12H2;5-6H,1-4H2. The highest BCUT2D eigenvalue weighted by molar-refractivity contribution is 4.71. The summed E-state index contributed by atoms with van der Waals surface area (Å²) in [5.41, 5.74) is 11.0. The number of nitrogens with two attached hydrogens (primary N) is 2. The number of hydrogen-bond donors (Lipinski definition) is 4. The summed E-state index contributed by atoms with van der Waals surface area (Å²) < 4.78 is 0. The number of nitrogens with zero attached hydrogens (tertiary/aromatic N) is 2. The molecule has 0 bridgehead atoms. The molecule has 0 aromatic carbocycles. The lowest BCUT2D eigenvalue weighted by Crippen LogP contribution is -2.47. The van der Waals surface area contributed by atoms with Gasteiger partial charge in [0.2, 0.25) is 0 Å². The van der Waals surface area contributed by atoms with Gasteiger partial charge in [0, 0.05) is 52.4 Å². The number of nitrogens with one attached hydrogen (secondary N) is 2. The molecule has 2 rings (SSSR count). The van der Waals surface area contributed by atoms with Gasteiger partial charge in [-0.3, -0.25) is 0 Å². The average Bonchev–Trinajstić information content (AvgIpc) is 2.54. The van der Waals surface area contributed by atoms with Gasteiger partial charge in [-0.1, -0.05) is 0 Å². The first-order chi connectivity index (χ1) is 9.86. The minimum absolute atomic E-state index is 0.813. The SMILES string of the molecule is C1CNCCN1.NCCCN1CCN(CCCN)CC1. The van der Waals surface area contributed by atoms with Crippen LogP contribution in [0.5, 0.6) is 0 Å². The maximum Gasteiger partial charge on any atom is 0.0110 e. The largest absolute Gasteiger partial charge is 0.330 e. The van der Waals surface area contributed by atoms with E-state index in [1.807, 2.05) is 0 Å². The highest BCUT2D eigenvalue weighted by Crippen LogP contribution is 2.02. The van der Waals surface area contributed by atoms with Crippen LogP contribution in [-0.2, 0) is 0 Å². The fourth-order valence-corrected chi connectivity index (χ4v) is 2.47. The van der Waals surface area contributed by atoms with Gasteiger partial charge < -0.3 is 31.9 Å². The maximum atomic E-state index is 5.49. The first-order valence-corrected chi connectivity index (χ1v) is 8.13. The summed E-state index contributed by atoms with van der Waals surface area (Å²) in [5, 5.41) is 6.44. The Balaban J connectivity index is 0.000000276. The van der Waals surface area contributed by atoms with E-state index >= 15 is 0 Å². The highest BCUT2D eigenvalue weighted by Gasteiger charge is 2.15. The van der Waals surface area contributed by atoms with Crippen molar-refractivity contribution in [3.63, 3.8) is 0 Å². The average molecular weight is 286 g/mol. The lowest BCUT2D eigenvalue weighted by molar-refractivity contribution is 0.131. The van der Waals surface area contributed by atoms with Gasteiger partial charge in [-0.05, 0) is 39.0 Å². The molecule has 2 fully saturated rings. The fraction of sp³-hybridized carbons (Fsp3) is 1.00. The first kappa shape index (κ1) is 17.8. The summed E-state index contributed by atoms with van der Waals surface area (Å²) in [5.74, 6) is 0. The van der Waals surface area contributed by atoms with Crippen molar-refractivity contribution in [1.82, 2.24) is 20.4 Å². The van der Waals surface area contributed by atoms with E-state index in [0.717, 1.165) is 52.1 Å². The van der Waals surface area contributed by atoms with Gasteiger partial charge in [0.05, 0.1) is 0 Å². The van der Waals surface area contributed by atoms with Crippen LogP contribution in [0.3, 0.4) is 0 Å². The van der Waals surface area contributed by atoms with Crippen LogP contribution < -0.4 is 22.1 Å². The Hall–Kier alpha value is -0.240. The third kappa shape index (κ3) is 8.84. The Morgan fingerprint density at radius 3 is 1.25 bits per heavy atom. The molecule has 0 aromatic rings. The van der Waals surface area contributed by atoms with E-state index in [4.69, 9.17) is 11.5 Å². The molecule has 0 aliphatic carbocycles. The second kappa shape index (κ2) is 12.5. The summed E-state index contributed by atoms with van der Waals surface area (Å²) in [6.45, 7) is 13.3. The van der Waals surface area contributed by atoms with Crippen LogP contribution in [0.1, 0.15) is 12.8 Å². The monoisotopic (exact) mass is 286 g/mol. The molecule has 0 amide bonds. The quantitative estimate of drug-likeness (QED) is 0.475. The van der Waals surface area contributed by atoms with Crippen molar-refractivity contribution in [3.8, 4) is 0 Å². The van der Waals surface area contributed by atoms with Crippen LogP contribution in [0.15, 0.2) is 0 Å². The molecule has 2 saturated heterocycles. The topological polar surface area (TPSA) is 82.6 Å². The van der Waals surface area contributed by atoms with E-state index in [9.17, 15) is 0 Å². The van der Waals surface area contributed by atoms with Crippen molar-refractivity contribution < 1.29 is 0 Å². The Morgan fingerprint density at radius 2 is 1.00 bits per heavy atom. The normalized spacial score (nSPS) is 21.3. The lowest BCUT2D eigenvalue weighted by Gasteiger charge is -2.34. The van der Waals surface area contributed by atoms with E-state index < -0.39 is 0 Å². The van der Waals surface area contributed by atoms with Crippen LogP contribution in [-0.4, -0.2) is 88.3 Å². The molecule has 20 heavy (non-hydrogen) atoms. The van der Waals surface area contributed by atoms with Crippen LogP contribution in [0, 0.1) is 0 Å². The van der Waals surface area contributed by atoms with Gasteiger partial charge in [0.25, 0.3) is 0 Å². The molecule has 6 nitrogen and oxygen atoms in total. The van der Waals surface area contributed by atoms with E-state index in [1.54, 1.807) is 0 Å². The van der Waals surface area contributed by atoms with Gasteiger partial charge in [-0.15, -0.1) is 0 Å². The number of piperazine rings is 2. The minimum Gasteiger partial charge on any atom is -0.330 e. The summed E-state index contributed by atoms with van der Waals surface area (Å²) in [6.07, 6.45) is 2.26. The van der Waals surface area contributed by atoms with Crippen LogP contribution >= 0.6 is 0 Å². The molecule has 0 unspecified atom stereocenters. The minimum atomic E-state index is 0.813. The second-order valence-corrected chi connectivity index (χ2v) is 5.47. The predicted octanol–water partition coefficient (Wildman–Crippen LogP) is -1.52. The third-order valence-corrected chi connectivity index (χ3v) is 3.78. The van der Waals surface area contributed by atoms with Crippen molar-refractivity contribution in [1.29, 1.82) is 0 Å². The molecule has 0 atom stereocenters. The zero-order valence-electron chi connectivity index (χ0n) is 12.9. The Morgan fingerprint density at radius 1 is 0.650 bits per heavy atom. The van der Waals surface area contributed by atoms with Crippen molar-refractivity contribution in [2.75, 3.05) is 78.5 Å². The van der Waals surface area contributed by atoms with Crippen LogP contribution in [0.25, 0.3) is 0 Å². The Labute approximate surface area is 124 Å². The van der Waals surface area contributed by atoms with Gasteiger partial charge >= 0.3 is 0 Å². The molecule has 2 heterocycles. The van der Waals surface area contributed by atoms with Gasteiger partial charge in [0.1, 0.15) is 0 Å². The van der Waals surface area contributed by atoms with E-state index in [0.29, 0.717) is 0 Å². The maximum absolute atomic E-state index is 5.49. The summed E-state index contributed by atoms with van der Waals surface area (Å²) in [6, 6.07) is 0. The molecular formula is C14H34N6. The van der Waals surface area contributed by atoms with Gasteiger partial charge in [0.15, 0.2) is 0 Å². The number of rotatable bonds is 6. The highest BCUT2D eigenvalue weighted by atomic mass is 15.3. The summed E-state index contributed by atoms with van der Waals surface area (Å²) >= 11 is 0. The first-order valence-electron chi connectivity index (χ1n) is 8.13. The van der Waals surface area contributed by atoms with E-state index in [1.165, 1.54) is 39.3 Å². The summed E-state index contributed by atoms with van der Waals surface area (Å²) in [4.78, 5) is 5.01. The van der Waals surface area contributed by atoms with Crippen molar-refractivity contribution in [3.05, 3.63) is 0 Å². The molecule has 6 N–H and O–H groups in total. The smallest absolute Gasteiger partial charge is 0.0110 e. The van der Waals surface area contributed by atoms with Crippen molar-refractivity contribution in [2.45, 2.75) is 12.8 Å². The second-order valence-electron chi connectivity index (χ2n) is 5.47. The molecule has 6 heteroatoms. The molecule has 2 aliphatic heterocycles.